The molecule has 0 spiro atoms. The molecule has 0 aromatic rings. The number of carbonyl (C=O) groups is 1. The van der Waals surface area contributed by atoms with Gasteiger partial charge in [0.1, 0.15) is 5.78 Å². The fourth-order valence-corrected chi connectivity index (χ4v) is 2.34. The van der Waals surface area contributed by atoms with E-state index in [4.69, 9.17) is 0 Å². The van der Waals surface area contributed by atoms with Crippen LogP contribution in [-0.2, 0) is 4.79 Å². The van der Waals surface area contributed by atoms with Crippen LogP contribution in [0.4, 0.5) is 0 Å². The summed E-state index contributed by atoms with van der Waals surface area (Å²) in [6.45, 7) is 7.61. The summed E-state index contributed by atoms with van der Waals surface area (Å²) in [6, 6.07) is 0.0578. The van der Waals surface area contributed by atoms with Crippen molar-refractivity contribution in [3.05, 3.63) is 0 Å². The molecule has 0 aromatic carbocycles. The summed E-state index contributed by atoms with van der Waals surface area (Å²) in [5.74, 6) is -0.476. The number of hydrogen-bond acceptors (Lipinski definition) is 4. The van der Waals surface area contributed by atoms with Gasteiger partial charge in [0.2, 0.25) is 0 Å². The van der Waals surface area contributed by atoms with Crippen LogP contribution < -0.4 is 5.32 Å². The van der Waals surface area contributed by atoms with Crippen LogP contribution in [0.5, 0.6) is 0 Å². The molecule has 1 aliphatic rings. The average molecular weight is 229 g/mol. The fraction of sp³-hybridized carbons (Fsp3) is 0.917. The van der Waals surface area contributed by atoms with E-state index in [2.05, 4.69) is 5.32 Å². The van der Waals surface area contributed by atoms with Crippen LogP contribution in [0.25, 0.3) is 0 Å². The molecule has 0 unspecified atom stereocenters. The van der Waals surface area contributed by atoms with Gasteiger partial charge in [0, 0.05) is 23.9 Å². The number of carbonyl (C=O) groups excluding carboxylic acids is 1. The number of aliphatic hydroxyl groups is 2. The second kappa shape index (κ2) is 5.25. The minimum absolute atomic E-state index is 0.0413. The van der Waals surface area contributed by atoms with Gasteiger partial charge in [0.15, 0.2) is 0 Å². The number of Topliss-reactive ketones (excluding diaryl/α,β-unsaturated/α-hetero) is 1. The van der Waals surface area contributed by atoms with Gasteiger partial charge in [-0.15, -0.1) is 0 Å². The Balaban J connectivity index is 2.67. The van der Waals surface area contributed by atoms with E-state index in [9.17, 15) is 15.0 Å². The topological polar surface area (TPSA) is 69.6 Å². The van der Waals surface area contributed by atoms with Gasteiger partial charge in [0.05, 0.1) is 12.2 Å². The maximum atomic E-state index is 11.8. The molecule has 0 radical (unpaired) electrons. The highest BCUT2D eigenvalue weighted by atomic mass is 16.3. The lowest BCUT2D eigenvalue weighted by molar-refractivity contribution is -0.129. The number of rotatable bonds is 4. The van der Waals surface area contributed by atoms with E-state index in [-0.39, 0.29) is 23.8 Å². The molecule has 1 aliphatic carbocycles. The molecule has 0 bridgehead atoms. The first-order valence-electron chi connectivity index (χ1n) is 6.00. The van der Waals surface area contributed by atoms with E-state index in [0.29, 0.717) is 6.42 Å². The summed E-state index contributed by atoms with van der Waals surface area (Å²) in [4.78, 5) is 11.8. The van der Waals surface area contributed by atoms with Crippen LogP contribution in [0.3, 0.4) is 0 Å². The normalized spacial score (nSPS) is 35.0. The Kier molecular flexibility index (Phi) is 4.47. The van der Waals surface area contributed by atoms with E-state index >= 15 is 0 Å². The van der Waals surface area contributed by atoms with Crippen molar-refractivity contribution in [3.8, 4) is 0 Å². The summed E-state index contributed by atoms with van der Waals surface area (Å²) >= 11 is 0. The maximum absolute atomic E-state index is 11.8. The van der Waals surface area contributed by atoms with Crippen LogP contribution in [0.2, 0.25) is 0 Å². The van der Waals surface area contributed by atoms with Crippen molar-refractivity contribution in [1.82, 2.24) is 5.32 Å². The summed E-state index contributed by atoms with van der Waals surface area (Å²) in [5.41, 5.74) is 0. The van der Waals surface area contributed by atoms with Gasteiger partial charge in [-0.25, -0.2) is 0 Å². The molecule has 4 nitrogen and oxygen atoms in total. The molecule has 0 amide bonds. The van der Waals surface area contributed by atoms with Gasteiger partial charge < -0.3 is 15.5 Å². The second-order valence-electron chi connectivity index (χ2n) is 5.31. The van der Waals surface area contributed by atoms with Gasteiger partial charge in [0.25, 0.3) is 0 Å². The first-order chi connectivity index (χ1) is 7.34. The Hall–Kier alpha value is -0.450. The van der Waals surface area contributed by atoms with Crippen molar-refractivity contribution in [1.29, 1.82) is 0 Å². The molecule has 3 N–H and O–H groups in total. The Morgan fingerprint density at radius 3 is 2.19 bits per heavy atom. The SMILES string of the molecule is CC(C)N[C@H]1C[C@@H](C(=O)C(C)C)[C@H](O)[C@@H]1O. The molecule has 0 saturated heterocycles. The molecular formula is C12H23NO3. The van der Waals surface area contributed by atoms with Gasteiger partial charge in [-0.2, -0.15) is 0 Å². The van der Waals surface area contributed by atoms with Crippen LogP contribution >= 0.6 is 0 Å². The lowest BCUT2D eigenvalue weighted by Crippen LogP contribution is -2.43. The summed E-state index contributed by atoms with van der Waals surface area (Å²) in [5, 5.41) is 22.9. The quantitative estimate of drug-likeness (QED) is 0.649. The highest BCUT2D eigenvalue weighted by Crippen LogP contribution is 2.29. The first kappa shape index (κ1) is 13.6. The van der Waals surface area contributed by atoms with E-state index in [1.54, 1.807) is 0 Å². The summed E-state index contributed by atoms with van der Waals surface area (Å²) in [6.07, 6.45) is -1.24. The molecule has 0 heterocycles. The third kappa shape index (κ3) is 2.81. The van der Waals surface area contributed by atoms with Crippen LogP contribution in [0, 0.1) is 11.8 Å². The third-order valence-corrected chi connectivity index (χ3v) is 3.16. The Bertz CT molecular complexity index is 253. The molecule has 1 rings (SSSR count). The highest BCUT2D eigenvalue weighted by molar-refractivity contribution is 5.83. The van der Waals surface area contributed by atoms with E-state index in [0.717, 1.165) is 0 Å². The fourth-order valence-electron chi connectivity index (χ4n) is 2.34. The molecule has 4 heteroatoms. The molecule has 16 heavy (non-hydrogen) atoms. The van der Waals surface area contributed by atoms with Crippen molar-refractivity contribution in [2.45, 2.75) is 58.4 Å². The predicted octanol–water partition coefficient (Wildman–Crippen LogP) is 0.320. The number of hydrogen-bond donors (Lipinski definition) is 3. The molecule has 4 atom stereocenters. The molecule has 0 aliphatic heterocycles. The highest BCUT2D eigenvalue weighted by Gasteiger charge is 2.45. The minimum Gasteiger partial charge on any atom is -0.390 e. The molecule has 94 valence electrons. The van der Waals surface area contributed by atoms with E-state index in [1.165, 1.54) is 0 Å². The minimum atomic E-state index is -0.925. The first-order valence-corrected chi connectivity index (χ1v) is 6.00. The zero-order chi connectivity index (χ0) is 12.5. The van der Waals surface area contributed by atoms with Gasteiger partial charge in [-0.05, 0) is 6.42 Å². The van der Waals surface area contributed by atoms with E-state index in [1.807, 2.05) is 27.7 Å². The van der Waals surface area contributed by atoms with Gasteiger partial charge in [-0.1, -0.05) is 27.7 Å². The standard InChI is InChI=1S/C12H23NO3/c1-6(2)10(14)8-5-9(13-7(3)4)12(16)11(8)15/h6-9,11-13,15-16H,5H2,1-4H3/t8-,9-,11-,12+/m0/s1. The lowest BCUT2D eigenvalue weighted by atomic mass is 9.92. The maximum Gasteiger partial charge on any atom is 0.141 e. The zero-order valence-corrected chi connectivity index (χ0v) is 10.5. The van der Waals surface area contributed by atoms with Crippen molar-refractivity contribution in [3.63, 3.8) is 0 Å². The number of nitrogens with one attached hydrogen (secondary N) is 1. The lowest BCUT2D eigenvalue weighted by Gasteiger charge is -2.20. The third-order valence-electron chi connectivity index (χ3n) is 3.16. The monoisotopic (exact) mass is 229 g/mol. The van der Waals surface area contributed by atoms with Crippen LogP contribution in [0.1, 0.15) is 34.1 Å². The van der Waals surface area contributed by atoms with Crippen molar-refractivity contribution in [2.24, 2.45) is 11.8 Å². The second-order valence-corrected chi connectivity index (χ2v) is 5.31. The van der Waals surface area contributed by atoms with Crippen molar-refractivity contribution < 1.29 is 15.0 Å². The van der Waals surface area contributed by atoms with Crippen molar-refractivity contribution in [2.75, 3.05) is 0 Å². The zero-order valence-electron chi connectivity index (χ0n) is 10.5. The molecular weight excluding hydrogens is 206 g/mol. The van der Waals surface area contributed by atoms with Gasteiger partial charge in [-0.3, -0.25) is 4.79 Å². The van der Waals surface area contributed by atoms with Gasteiger partial charge >= 0.3 is 0 Å². The number of aliphatic hydroxyl groups excluding tert-OH is 2. The molecule has 0 aromatic heterocycles. The predicted molar refractivity (Wildman–Crippen MR) is 62.0 cm³/mol. The number of ketones is 1. The summed E-state index contributed by atoms with van der Waals surface area (Å²) in [7, 11) is 0. The van der Waals surface area contributed by atoms with Crippen molar-refractivity contribution >= 4 is 5.78 Å². The van der Waals surface area contributed by atoms with E-state index < -0.39 is 18.1 Å². The largest absolute Gasteiger partial charge is 0.390 e. The van der Waals surface area contributed by atoms with Crippen LogP contribution in [-0.4, -0.2) is 40.3 Å². The molecule has 1 saturated carbocycles. The Morgan fingerprint density at radius 2 is 1.75 bits per heavy atom. The summed E-state index contributed by atoms with van der Waals surface area (Å²) < 4.78 is 0. The Morgan fingerprint density at radius 1 is 1.19 bits per heavy atom. The van der Waals surface area contributed by atoms with Crippen LogP contribution in [0.15, 0.2) is 0 Å². The Labute approximate surface area is 97.0 Å². The molecule has 1 fully saturated rings. The smallest absolute Gasteiger partial charge is 0.141 e. The average Bonchev–Trinajstić information content (AvgIpc) is 2.44.